The summed E-state index contributed by atoms with van der Waals surface area (Å²) in [4.78, 5) is 38.4. The van der Waals surface area contributed by atoms with Crippen LogP contribution in [-0.4, -0.2) is 35.7 Å². The Kier molecular flexibility index (Phi) is 6.76. The number of hydrogen-bond acceptors (Lipinski definition) is 3. The number of carbonyl (C=O) groups is 3. The summed E-state index contributed by atoms with van der Waals surface area (Å²) in [7, 11) is 0. The molecule has 1 aliphatic rings. The molecule has 6 nitrogen and oxygen atoms in total. The van der Waals surface area contributed by atoms with Gasteiger partial charge in [-0.15, -0.1) is 0 Å². The zero-order valence-electron chi connectivity index (χ0n) is 16.6. The average Bonchev–Trinajstić information content (AvgIpc) is 3.09. The van der Waals surface area contributed by atoms with Crippen molar-refractivity contribution in [2.75, 3.05) is 23.7 Å². The highest BCUT2D eigenvalue weighted by Crippen LogP contribution is 2.21. The number of rotatable bonds is 7. The third-order valence-corrected chi connectivity index (χ3v) is 4.96. The first-order valence-corrected chi connectivity index (χ1v) is 9.82. The Labute approximate surface area is 173 Å². The molecule has 2 aromatic rings. The van der Waals surface area contributed by atoms with Crippen molar-refractivity contribution in [1.29, 1.82) is 0 Å². The third kappa shape index (κ3) is 5.20. The highest BCUT2D eigenvalue weighted by molar-refractivity contribution is 6.05. The van der Waals surface area contributed by atoms with E-state index in [4.69, 9.17) is 0 Å². The summed E-state index contributed by atoms with van der Waals surface area (Å²) < 4.78 is 26.6. The van der Waals surface area contributed by atoms with E-state index in [1.54, 1.807) is 17.0 Å². The average molecular weight is 415 g/mol. The second-order valence-electron chi connectivity index (χ2n) is 7.24. The lowest BCUT2D eigenvalue weighted by molar-refractivity contribution is -0.128. The molecule has 3 rings (SSSR count). The van der Waals surface area contributed by atoms with Gasteiger partial charge in [-0.05, 0) is 42.8 Å². The van der Waals surface area contributed by atoms with E-state index in [9.17, 15) is 23.2 Å². The third-order valence-electron chi connectivity index (χ3n) is 4.96. The number of anilines is 2. The van der Waals surface area contributed by atoms with Crippen LogP contribution >= 0.6 is 0 Å². The summed E-state index contributed by atoms with van der Waals surface area (Å²) in [5, 5.41) is 5.14. The van der Waals surface area contributed by atoms with Crippen molar-refractivity contribution in [3.63, 3.8) is 0 Å². The summed E-state index contributed by atoms with van der Waals surface area (Å²) >= 11 is 0. The molecule has 2 N–H and O–H groups in total. The van der Waals surface area contributed by atoms with Crippen molar-refractivity contribution in [3.05, 3.63) is 59.7 Å². The topological polar surface area (TPSA) is 78.5 Å². The van der Waals surface area contributed by atoms with Gasteiger partial charge in [0.15, 0.2) is 0 Å². The Balaban J connectivity index is 1.57. The molecule has 1 heterocycles. The van der Waals surface area contributed by atoms with Gasteiger partial charge in [0.05, 0.1) is 11.6 Å². The lowest BCUT2D eigenvalue weighted by Gasteiger charge is -2.16. The molecule has 1 aliphatic heterocycles. The summed E-state index contributed by atoms with van der Waals surface area (Å²) in [6.07, 6.45) is 2.08. The lowest BCUT2D eigenvalue weighted by Crippen LogP contribution is -2.29. The van der Waals surface area contributed by atoms with Crippen LogP contribution in [0.5, 0.6) is 0 Å². The fraction of sp³-hybridized carbons (Fsp3) is 0.318. The van der Waals surface area contributed by atoms with Crippen LogP contribution in [-0.2, 0) is 9.59 Å². The van der Waals surface area contributed by atoms with Crippen LogP contribution in [0.15, 0.2) is 42.5 Å². The minimum Gasteiger partial charge on any atom is -0.342 e. The Morgan fingerprint density at radius 2 is 1.83 bits per heavy atom. The molecule has 0 saturated carbocycles. The molecule has 1 fully saturated rings. The van der Waals surface area contributed by atoms with Gasteiger partial charge in [-0.3, -0.25) is 14.4 Å². The Bertz CT molecular complexity index is 947. The molecule has 30 heavy (non-hydrogen) atoms. The van der Waals surface area contributed by atoms with Gasteiger partial charge in [0.1, 0.15) is 11.6 Å². The van der Waals surface area contributed by atoms with Crippen LogP contribution in [0, 0.1) is 17.6 Å². The number of carbonyl (C=O) groups excluding carboxylic acids is 3. The van der Waals surface area contributed by atoms with Crippen molar-refractivity contribution in [1.82, 2.24) is 4.90 Å². The van der Waals surface area contributed by atoms with E-state index in [0.717, 1.165) is 25.0 Å². The second kappa shape index (κ2) is 9.47. The number of nitrogens with one attached hydrogen (secondary N) is 2. The van der Waals surface area contributed by atoms with Crippen molar-refractivity contribution in [3.8, 4) is 0 Å². The molecule has 0 unspecified atom stereocenters. The standard InChI is InChI=1S/C22H23F2N3O3/c1-2-3-10-27-13-15(11-20(27)28)22(30)25-17-7-4-14(5-8-17)21(29)26-19-9-6-16(23)12-18(19)24/h4-9,12,15H,2-3,10-11,13H2,1H3,(H,25,30)(H,26,29)/t15-/m1/s1. The molecule has 0 aliphatic carbocycles. The van der Waals surface area contributed by atoms with Gasteiger partial charge < -0.3 is 15.5 Å². The molecule has 1 saturated heterocycles. The van der Waals surface area contributed by atoms with Gasteiger partial charge in [-0.25, -0.2) is 8.78 Å². The quantitative estimate of drug-likeness (QED) is 0.722. The minimum atomic E-state index is -0.869. The maximum atomic E-state index is 13.7. The van der Waals surface area contributed by atoms with E-state index in [0.29, 0.717) is 24.8 Å². The first kappa shape index (κ1) is 21.4. The van der Waals surface area contributed by atoms with Gasteiger partial charge in [0.25, 0.3) is 5.91 Å². The van der Waals surface area contributed by atoms with Crippen LogP contribution in [0.2, 0.25) is 0 Å². The van der Waals surface area contributed by atoms with Gasteiger partial charge in [-0.2, -0.15) is 0 Å². The van der Waals surface area contributed by atoms with Crippen LogP contribution in [0.3, 0.4) is 0 Å². The number of nitrogens with zero attached hydrogens (tertiary/aromatic N) is 1. The molecular formula is C22H23F2N3O3. The molecule has 158 valence electrons. The van der Waals surface area contributed by atoms with E-state index in [2.05, 4.69) is 10.6 Å². The van der Waals surface area contributed by atoms with E-state index in [1.165, 1.54) is 12.1 Å². The normalized spacial score (nSPS) is 15.9. The van der Waals surface area contributed by atoms with Crippen LogP contribution in [0.1, 0.15) is 36.5 Å². The largest absolute Gasteiger partial charge is 0.342 e. The molecule has 0 bridgehead atoms. The number of unbranched alkanes of at least 4 members (excludes halogenated alkanes) is 1. The fourth-order valence-electron chi connectivity index (χ4n) is 3.25. The number of likely N-dealkylation sites (tertiary alicyclic amines) is 1. The van der Waals surface area contributed by atoms with E-state index < -0.39 is 23.5 Å². The van der Waals surface area contributed by atoms with Crippen molar-refractivity contribution >= 4 is 29.1 Å². The summed E-state index contributed by atoms with van der Waals surface area (Å²) in [5.41, 5.74) is 0.611. The van der Waals surface area contributed by atoms with Gasteiger partial charge in [0.2, 0.25) is 11.8 Å². The highest BCUT2D eigenvalue weighted by atomic mass is 19.1. The van der Waals surface area contributed by atoms with Gasteiger partial charge in [-0.1, -0.05) is 13.3 Å². The monoisotopic (exact) mass is 415 g/mol. The van der Waals surface area contributed by atoms with Crippen LogP contribution < -0.4 is 10.6 Å². The maximum absolute atomic E-state index is 13.7. The molecule has 2 aromatic carbocycles. The SMILES string of the molecule is CCCCN1C[C@H](C(=O)Nc2ccc(C(=O)Nc3ccc(F)cc3F)cc2)CC1=O. The molecule has 3 amide bonds. The first-order chi connectivity index (χ1) is 14.4. The summed E-state index contributed by atoms with van der Waals surface area (Å²) in [5.74, 6) is -2.82. The fourth-order valence-corrected chi connectivity index (χ4v) is 3.25. The minimum absolute atomic E-state index is 0.0105. The molecule has 1 atom stereocenters. The van der Waals surface area contributed by atoms with E-state index >= 15 is 0 Å². The maximum Gasteiger partial charge on any atom is 0.255 e. The number of halogens is 2. The zero-order chi connectivity index (χ0) is 21.7. The Hall–Kier alpha value is -3.29. The number of benzene rings is 2. The number of hydrogen-bond donors (Lipinski definition) is 2. The van der Waals surface area contributed by atoms with Gasteiger partial charge >= 0.3 is 0 Å². The van der Waals surface area contributed by atoms with Crippen molar-refractivity contribution < 1.29 is 23.2 Å². The zero-order valence-corrected chi connectivity index (χ0v) is 16.6. The molecule has 0 aromatic heterocycles. The molecule has 0 radical (unpaired) electrons. The van der Waals surface area contributed by atoms with Crippen LogP contribution in [0.25, 0.3) is 0 Å². The van der Waals surface area contributed by atoms with Gasteiger partial charge in [0, 0.05) is 36.8 Å². The smallest absolute Gasteiger partial charge is 0.255 e. The lowest BCUT2D eigenvalue weighted by atomic mass is 10.1. The highest BCUT2D eigenvalue weighted by Gasteiger charge is 2.33. The predicted octanol–water partition coefficient (Wildman–Crippen LogP) is 3.80. The first-order valence-electron chi connectivity index (χ1n) is 9.82. The summed E-state index contributed by atoms with van der Waals surface area (Å²) in [6.45, 7) is 3.12. The van der Waals surface area contributed by atoms with Crippen LogP contribution in [0.4, 0.5) is 20.2 Å². The predicted molar refractivity (Wildman–Crippen MR) is 109 cm³/mol. The van der Waals surface area contributed by atoms with Crippen molar-refractivity contribution in [2.24, 2.45) is 5.92 Å². The molecule has 0 spiro atoms. The van der Waals surface area contributed by atoms with Crippen molar-refractivity contribution in [2.45, 2.75) is 26.2 Å². The summed E-state index contributed by atoms with van der Waals surface area (Å²) in [6, 6.07) is 8.96. The Morgan fingerprint density at radius 1 is 1.10 bits per heavy atom. The Morgan fingerprint density at radius 3 is 2.50 bits per heavy atom. The molecule has 8 heteroatoms. The van der Waals surface area contributed by atoms with E-state index in [-0.39, 0.29) is 29.5 Å². The number of amides is 3. The van der Waals surface area contributed by atoms with E-state index in [1.807, 2.05) is 6.92 Å². The second-order valence-corrected chi connectivity index (χ2v) is 7.24. The molecular weight excluding hydrogens is 392 g/mol.